The minimum atomic E-state index is 0.833. The fraction of sp³-hybridized carbons (Fsp3) is 0.875. The van der Waals surface area contributed by atoms with Gasteiger partial charge in [0, 0.05) is 0 Å². The van der Waals surface area contributed by atoms with Crippen LogP contribution in [0.3, 0.4) is 0 Å². The Morgan fingerprint density at radius 1 is 0.938 bits per heavy atom. The normalized spacial score (nSPS) is 23.8. The van der Waals surface area contributed by atoms with E-state index in [0.717, 1.165) is 17.8 Å². The van der Waals surface area contributed by atoms with Crippen molar-refractivity contribution in [3.63, 3.8) is 0 Å². The average Bonchev–Trinajstić information content (AvgIpc) is 2.34. The Kier molecular flexibility index (Phi) is 12.7. The van der Waals surface area contributed by atoms with Crippen molar-refractivity contribution in [1.29, 1.82) is 0 Å². The molecular weight excluding hydrogens is 192 g/mol. The van der Waals surface area contributed by atoms with Crippen LogP contribution in [0.4, 0.5) is 0 Å². The molecule has 1 aliphatic carbocycles. The van der Waals surface area contributed by atoms with Crippen LogP contribution in [-0.2, 0) is 0 Å². The van der Waals surface area contributed by atoms with Gasteiger partial charge in [-0.25, -0.2) is 0 Å². The first kappa shape index (κ1) is 18.1. The number of rotatable bonds is 2. The molecule has 0 aromatic carbocycles. The lowest BCUT2D eigenvalue weighted by molar-refractivity contribution is 0.242. The summed E-state index contributed by atoms with van der Waals surface area (Å²) in [5.41, 5.74) is 1.40. The third kappa shape index (κ3) is 7.09. The van der Waals surface area contributed by atoms with Crippen molar-refractivity contribution in [3.8, 4) is 0 Å². The molecule has 0 atom stereocenters. The van der Waals surface area contributed by atoms with Crippen molar-refractivity contribution >= 4 is 0 Å². The summed E-state index contributed by atoms with van der Waals surface area (Å²) < 4.78 is 0. The van der Waals surface area contributed by atoms with E-state index in [4.69, 9.17) is 0 Å². The average molecular weight is 226 g/mol. The lowest BCUT2D eigenvalue weighted by atomic mass is 9.75. The van der Waals surface area contributed by atoms with E-state index < -0.39 is 0 Å². The fourth-order valence-corrected chi connectivity index (χ4v) is 2.28. The van der Waals surface area contributed by atoms with Crippen LogP contribution in [-0.4, -0.2) is 0 Å². The van der Waals surface area contributed by atoms with E-state index in [1.807, 2.05) is 27.7 Å². The monoisotopic (exact) mass is 226 g/mol. The van der Waals surface area contributed by atoms with Crippen molar-refractivity contribution in [2.45, 2.75) is 74.1 Å². The second-order valence-corrected chi connectivity index (χ2v) is 4.70. The minimum Gasteiger partial charge on any atom is -0.0999 e. The molecule has 1 rings (SSSR count). The van der Waals surface area contributed by atoms with E-state index in [0.29, 0.717) is 0 Å². The molecule has 0 unspecified atom stereocenters. The van der Waals surface area contributed by atoms with Crippen LogP contribution in [0.5, 0.6) is 0 Å². The van der Waals surface area contributed by atoms with Gasteiger partial charge in [0.1, 0.15) is 0 Å². The molecule has 0 aliphatic heterocycles. The summed E-state index contributed by atoms with van der Waals surface area (Å²) in [5.74, 6) is 2.71. The molecular formula is C16H34. The number of hydrogen-bond donors (Lipinski definition) is 0. The van der Waals surface area contributed by atoms with Crippen LogP contribution in [0, 0.1) is 17.8 Å². The Morgan fingerprint density at radius 3 is 1.56 bits per heavy atom. The van der Waals surface area contributed by atoms with Crippen molar-refractivity contribution in [3.05, 3.63) is 12.2 Å². The third-order valence-corrected chi connectivity index (χ3v) is 3.41. The van der Waals surface area contributed by atoms with Gasteiger partial charge in [0.05, 0.1) is 0 Å². The van der Waals surface area contributed by atoms with E-state index in [1.165, 1.54) is 31.3 Å². The molecule has 1 aliphatic rings. The molecule has 0 bridgehead atoms. The molecule has 0 heterocycles. The molecule has 16 heavy (non-hydrogen) atoms. The van der Waals surface area contributed by atoms with Gasteiger partial charge in [-0.2, -0.15) is 0 Å². The van der Waals surface area contributed by atoms with Crippen LogP contribution in [0.25, 0.3) is 0 Å². The van der Waals surface area contributed by atoms with Gasteiger partial charge >= 0.3 is 0 Å². The predicted octanol–water partition coefficient (Wildman–Crippen LogP) is 6.08. The Morgan fingerprint density at radius 2 is 1.31 bits per heavy atom. The summed E-state index contributed by atoms with van der Waals surface area (Å²) in [6.07, 6.45) is 5.63. The van der Waals surface area contributed by atoms with Crippen LogP contribution in [0.2, 0.25) is 0 Å². The first-order valence-electron chi connectivity index (χ1n) is 7.26. The van der Waals surface area contributed by atoms with Gasteiger partial charge in [-0.1, -0.05) is 53.7 Å². The molecule has 0 saturated heterocycles. The second-order valence-electron chi connectivity index (χ2n) is 4.70. The number of hydrogen-bond acceptors (Lipinski definition) is 0. The van der Waals surface area contributed by atoms with E-state index in [2.05, 4.69) is 27.4 Å². The Hall–Kier alpha value is -0.260. The maximum atomic E-state index is 4.05. The molecule has 0 spiro atoms. The summed E-state index contributed by atoms with van der Waals surface area (Å²) in [6, 6.07) is 0. The van der Waals surface area contributed by atoms with Crippen molar-refractivity contribution in [1.82, 2.24) is 0 Å². The van der Waals surface area contributed by atoms with E-state index in [-0.39, 0.29) is 0 Å². The van der Waals surface area contributed by atoms with Gasteiger partial charge in [0.2, 0.25) is 0 Å². The molecule has 0 amide bonds. The highest BCUT2D eigenvalue weighted by Crippen LogP contribution is 2.35. The summed E-state index contributed by atoms with van der Waals surface area (Å²) in [5, 5.41) is 0. The maximum absolute atomic E-state index is 4.05. The van der Waals surface area contributed by atoms with Crippen molar-refractivity contribution in [2.24, 2.45) is 17.8 Å². The molecule has 0 aromatic heterocycles. The van der Waals surface area contributed by atoms with E-state index in [9.17, 15) is 0 Å². The summed E-state index contributed by atoms with van der Waals surface area (Å²) in [4.78, 5) is 0. The van der Waals surface area contributed by atoms with Gasteiger partial charge in [-0.05, 0) is 50.4 Å². The zero-order valence-electron chi connectivity index (χ0n) is 12.8. The highest BCUT2D eigenvalue weighted by molar-refractivity contribution is 4.98. The van der Waals surface area contributed by atoms with Crippen LogP contribution >= 0.6 is 0 Å². The van der Waals surface area contributed by atoms with Crippen LogP contribution in [0.15, 0.2) is 12.2 Å². The molecule has 0 N–H and O–H groups in total. The fourth-order valence-electron chi connectivity index (χ4n) is 2.28. The predicted molar refractivity (Wildman–Crippen MR) is 77.8 cm³/mol. The van der Waals surface area contributed by atoms with Crippen molar-refractivity contribution < 1.29 is 0 Å². The molecule has 1 fully saturated rings. The Balaban J connectivity index is 0. The molecule has 0 aromatic rings. The highest BCUT2D eigenvalue weighted by Gasteiger charge is 2.22. The minimum absolute atomic E-state index is 0.833. The van der Waals surface area contributed by atoms with Crippen molar-refractivity contribution in [2.75, 3.05) is 0 Å². The first-order valence-corrected chi connectivity index (χ1v) is 7.26. The zero-order valence-corrected chi connectivity index (χ0v) is 12.8. The van der Waals surface area contributed by atoms with Crippen LogP contribution in [0.1, 0.15) is 74.1 Å². The lowest BCUT2D eigenvalue weighted by Crippen LogP contribution is -2.18. The topological polar surface area (TPSA) is 0 Å². The van der Waals surface area contributed by atoms with Gasteiger partial charge in [0.15, 0.2) is 0 Å². The quantitative estimate of drug-likeness (QED) is 0.501. The van der Waals surface area contributed by atoms with Gasteiger partial charge < -0.3 is 0 Å². The van der Waals surface area contributed by atoms with Gasteiger partial charge in [0.25, 0.3) is 0 Å². The standard InChI is InChI=1S/C12H22.2C2H6/c1-9(2)11-5-7-12(8-6-11)10(3)4;2*1-2/h10-12H,1,5-8H2,2-4H3;2*1-2H3. The van der Waals surface area contributed by atoms with E-state index in [1.54, 1.807) is 0 Å². The highest BCUT2D eigenvalue weighted by atomic mass is 14.3. The lowest BCUT2D eigenvalue weighted by Gasteiger charge is -2.31. The summed E-state index contributed by atoms with van der Waals surface area (Å²) >= 11 is 0. The second kappa shape index (κ2) is 11.2. The summed E-state index contributed by atoms with van der Waals surface area (Å²) in [7, 11) is 0. The van der Waals surface area contributed by atoms with E-state index >= 15 is 0 Å². The molecule has 98 valence electrons. The molecule has 1 saturated carbocycles. The number of allylic oxidation sites excluding steroid dienone is 1. The van der Waals surface area contributed by atoms with Crippen LogP contribution < -0.4 is 0 Å². The zero-order chi connectivity index (χ0) is 13.1. The summed E-state index contributed by atoms with van der Waals surface area (Å²) in [6.45, 7) is 18.9. The smallest absolute Gasteiger partial charge is 0.0208 e. The Bertz CT molecular complexity index is 147. The molecule has 0 heteroatoms. The van der Waals surface area contributed by atoms with Gasteiger partial charge in [-0.15, -0.1) is 0 Å². The Labute approximate surface area is 105 Å². The van der Waals surface area contributed by atoms with Gasteiger partial charge in [-0.3, -0.25) is 0 Å². The molecule has 0 radical (unpaired) electrons. The third-order valence-electron chi connectivity index (χ3n) is 3.41. The first-order chi connectivity index (χ1) is 7.61. The largest absolute Gasteiger partial charge is 0.0999 e. The SMILES string of the molecule is C=C(C)C1CCC(C(C)C)CC1.CC.CC. The molecule has 0 nitrogen and oxygen atoms in total. The maximum Gasteiger partial charge on any atom is -0.0208 e.